The van der Waals surface area contributed by atoms with Gasteiger partial charge in [0.05, 0.1) is 5.39 Å². The van der Waals surface area contributed by atoms with Gasteiger partial charge in [0.15, 0.2) is 11.6 Å². The summed E-state index contributed by atoms with van der Waals surface area (Å²) in [4.78, 5) is 9.69. The quantitative estimate of drug-likeness (QED) is 0.557. The minimum absolute atomic E-state index is 0.296. The van der Waals surface area contributed by atoms with Crippen molar-refractivity contribution >= 4 is 43.3 Å². The van der Waals surface area contributed by atoms with Gasteiger partial charge in [0.2, 0.25) is 0 Å². The first kappa shape index (κ1) is 13.3. The summed E-state index contributed by atoms with van der Waals surface area (Å²) in [6, 6.07) is 9.55. The van der Waals surface area contributed by atoms with Crippen molar-refractivity contribution in [1.82, 2.24) is 9.97 Å². The number of nitrogen functional groups attached to an aromatic ring is 1. The molecular formula is C13H11BrN4OS. The van der Waals surface area contributed by atoms with Crippen LogP contribution in [0.1, 0.15) is 5.82 Å². The van der Waals surface area contributed by atoms with Crippen molar-refractivity contribution in [2.45, 2.75) is 6.61 Å². The lowest BCUT2D eigenvalue weighted by atomic mass is 10.3. The van der Waals surface area contributed by atoms with Crippen LogP contribution in [0.5, 0.6) is 5.75 Å². The highest BCUT2D eigenvalue weighted by Gasteiger charge is 2.08. The maximum Gasteiger partial charge on any atom is 0.169 e. The number of hydrazine groups is 1. The number of nitrogens with one attached hydrogen (secondary N) is 1. The molecule has 5 nitrogen and oxygen atoms in total. The number of halogens is 1. The first-order chi connectivity index (χ1) is 9.76. The van der Waals surface area contributed by atoms with Crippen molar-refractivity contribution < 1.29 is 4.74 Å². The van der Waals surface area contributed by atoms with E-state index in [9.17, 15) is 0 Å². The van der Waals surface area contributed by atoms with Crippen molar-refractivity contribution in [3.63, 3.8) is 0 Å². The van der Waals surface area contributed by atoms with Crippen LogP contribution in [0.3, 0.4) is 0 Å². The van der Waals surface area contributed by atoms with Crippen LogP contribution < -0.4 is 16.0 Å². The topological polar surface area (TPSA) is 73.1 Å². The van der Waals surface area contributed by atoms with Crippen LogP contribution in [0.4, 0.5) is 5.82 Å². The fourth-order valence-corrected chi connectivity index (χ4v) is 2.80. The fraction of sp³-hybridized carbons (Fsp3) is 0.0769. The molecule has 0 aliphatic carbocycles. The van der Waals surface area contributed by atoms with E-state index in [0.717, 1.165) is 20.4 Å². The smallest absolute Gasteiger partial charge is 0.169 e. The molecule has 0 unspecified atom stereocenters. The van der Waals surface area contributed by atoms with Crippen LogP contribution in [0.25, 0.3) is 10.2 Å². The SMILES string of the molecule is NNc1nc(COc2ccc(Br)cc2)nc2sccc12. The predicted molar refractivity (Wildman–Crippen MR) is 83.7 cm³/mol. The summed E-state index contributed by atoms with van der Waals surface area (Å²) in [5, 5.41) is 2.88. The third-order valence-electron chi connectivity index (χ3n) is 2.69. The van der Waals surface area contributed by atoms with Gasteiger partial charge in [0, 0.05) is 4.47 Å². The van der Waals surface area contributed by atoms with E-state index in [2.05, 4.69) is 31.3 Å². The lowest BCUT2D eigenvalue weighted by Crippen LogP contribution is -2.11. The molecule has 1 aromatic carbocycles. The van der Waals surface area contributed by atoms with Gasteiger partial charge in [0.25, 0.3) is 0 Å². The van der Waals surface area contributed by atoms with Gasteiger partial charge in [-0.25, -0.2) is 15.8 Å². The minimum Gasteiger partial charge on any atom is -0.486 e. The first-order valence-electron chi connectivity index (χ1n) is 5.85. The first-order valence-corrected chi connectivity index (χ1v) is 7.52. The Balaban J connectivity index is 1.81. The number of aromatic nitrogens is 2. The maximum atomic E-state index is 5.66. The molecule has 0 amide bonds. The van der Waals surface area contributed by atoms with Gasteiger partial charge in [-0.05, 0) is 35.7 Å². The number of nitrogens with two attached hydrogens (primary N) is 1. The van der Waals surface area contributed by atoms with Gasteiger partial charge in [-0.2, -0.15) is 0 Å². The Hall–Kier alpha value is -1.70. The zero-order valence-corrected chi connectivity index (χ0v) is 12.7. The average molecular weight is 351 g/mol. The molecule has 2 heterocycles. The van der Waals surface area contributed by atoms with Gasteiger partial charge < -0.3 is 10.2 Å². The van der Waals surface area contributed by atoms with Crippen molar-refractivity contribution in [2.24, 2.45) is 5.84 Å². The van der Waals surface area contributed by atoms with E-state index in [1.165, 1.54) is 0 Å². The minimum atomic E-state index is 0.296. The Morgan fingerprint density at radius 2 is 2.00 bits per heavy atom. The molecule has 0 aliphatic heterocycles. The summed E-state index contributed by atoms with van der Waals surface area (Å²) in [6.45, 7) is 0.296. The molecule has 7 heteroatoms. The van der Waals surface area contributed by atoms with Crippen LogP contribution in [-0.2, 0) is 6.61 Å². The lowest BCUT2D eigenvalue weighted by Gasteiger charge is -2.07. The molecular weight excluding hydrogens is 340 g/mol. The van der Waals surface area contributed by atoms with Gasteiger partial charge in [-0.15, -0.1) is 11.3 Å². The van der Waals surface area contributed by atoms with E-state index in [1.54, 1.807) is 11.3 Å². The third-order valence-corrected chi connectivity index (χ3v) is 4.02. The zero-order valence-electron chi connectivity index (χ0n) is 10.3. The van der Waals surface area contributed by atoms with Gasteiger partial charge >= 0.3 is 0 Å². The van der Waals surface area contributed by atoms with E-state index in [1.807, 2.05) is 35.7 Å². The molecule has 0 atom stereocenters. The summed E-state index contributed by atoms with van der Waals surface area (Å²) in [7, 11) is 0. The Labute approximate surface area is 127 Å². The highest BCUT2D eigenvalue weighted by atomic mass is 79.9. The fourth-order valence-electron chi connectivity index (χ4n) is 1.75. The van der Waals surface area contributed by atoms with E-state index in [0.29, 0.717) is 18.2 Å². The molecule has 20 heavy (non-hydrogen) atoms. The monoisotopic (exact) mass is 350 g/mol. The third kappa shape index (κ3) is 2.74. The van der Waals surface area contributed by atoms with Crippen molar-refractivity contribution in [1.29, 1.82) is 0 Å². The van der Waals surface area contributed by atoms with Crippen molar-refractivity contribution in [2.75, 3.05) is 5.43 Å². The summed E-state index contributed by atoms with van der Waals surface area (Å²) in [6.07, 6.45) is 0. The number of thiophene rings is 1. The van der Waals surface area contributed by atoms with E-state index < -0.39 is 0 Å². The highest BCUT2D eigenvalue weighted by Crippen LogP contribution is 2.25. The molecule has 0 saturated carbocycles. The molecule has 0 saturated heterocycles. The van der Waals surface area contributed by atoms with Crippen molar-refractivity contribution in [3.8, 4) is 5.75 Å². The van der Waals surface area contributed by atoms with Gasteiger partial charge in [0.1, 0.15) is 17.2 Å². The molecule has 0 bridgehead atoms. The maximum absolute atomic E-state index is 5.66. The Kier molecular flexibility index (Phi) is 3.81. The van der Waals surface area contributed by atoms with Gasteiger partial charge in [-0.1, -0.05) is 15.9 Å². The van der Waals surface area contributed by atoms with E-state index >= 15 is 0 Å². The number of anilines is 1. The number of nitrogens with zero attached hydrogens (tertiary/aromatic N) is 2. The number of ether oxygens (including phenoxy) is 1. The molecule has 0 aliphatic rings. The number of benzene rings is 1. The highest BCUT2D eigenvalue weighted by molar-refractivity contribution is 9.10. The molecule has 3 rings (SSSR count). The summed E-state index contributed by atoms with van der Waals surface area (Å²) < 4.78 is 6.67. The molecule has 102 valence electrons. The summed E-state index contributed by atoms with van der Waals surface area (Å²) in [5.41, 5.74) is 2.60. The summed E-state index contributed by atoms with van der Waals surface area (Å²) >= 11 is 4.93. The van der Waals surface area contributed by atoms with Crippen LogP contribution >= 0.6 is 27.3 Å². The van der Waals surface area contributed by atoms with Crippen LogP contribution in [0.2, 0.25) is 0 Å². The standard InChI is InChI=1S/C13H11BrN4OS/c14-8-1-3-9(4-2-8)19-7-11-16-12(18-15)10-5-6-20-13(10)17-11/h1-6H,7,15H2,(H,16,17,18). The normalized spacial score (nSPS) is 10.7. The molecule has 0 radical (unpaired) electrons. The van der Waals surface area contributed by atoms with Crippen LogP contribution in [-0.4, -0.2) is 9.97 Å². The Morgan fingerprint density at radius 3 is 2.75 bits per heavy atom. The second kappa shape index (κ2) is 5.74. The molecule has 0 spiro atoms. The second-order valence-electron chi connectivity index (χ2n) is 4.01. The van der Waals surface area contributed by atoms with E-state index in [-0.39, 0.29) is 0 Å². The number of fused-ring (bicyclic) bond motifs is 1. The molecule has 3 N–H and O–H groups in total. The van der Waals surface area contributed by atoms with E-state index in [4.69, 9.17) is 10.6 Å². The molecule has 2 aromatic heterocycles. The molecule has 3 aromatic rings. The molecule has 0 fully saturated rings. The summed E-state index contributed by atoms with van der Waals surface area (Å²) in [5.74, 6) is 7.46. The Bertz CT molecular complexity index is 729. The lowest BCUT2D eigenvalue weighted by molar-refractivity contribution is 0.296. The van der Waals surface area contributed by atoms with Crippen LogP contribution in [0.15, 0.2) is 40.2 Å². The zero-order chi connectivity index (χ0) is 13.9. The van der Waals surface area contributed by atoms with Crippen molar-refractivity contribution in [3.05, 3.63) is 46.0 Å². The second-order valence-corrected chi connectivity index (χ2v) is 5.83. The largest absolute Gasteiger partial charge is 0.486 e. The average Bonchev–Trinajstić information content (AvgIpc) is 2.94. The number of rotatable bonds is 4. The van der Waals surface area contributed by atoms with Gasteiger partial charge in [-0.3, -0.25) is 0 Å². The Morgan fingerprint density at radius 1 is 1.20 bits per heavy atom. The predicted octanol–water partition coefficient (Wildman–Crippen LogP) is 3.32. The van der Waals surface area contributed by atoms with Crippen LogP contribution in [0, 0.1) is 0 Å². The number of hydrogen-bond acceptors (Lipinski definition) is 6. The number of hydrogen-bond donors (Lipinski definition) is 2.